The number of rotatable bonds is 5. The molecule has 5 atom stereocenters. The van der Waals surface area contributed by atoms with E-state index in [-0.39, 0.29) is 23.5 Å². The number of likely N-dealkylation sites (N-methyl/N-ethyl adjacent to an activating group) is 1. The molecule has 1 amide bonds. The quantitative estimate of drug-likeness (QED) is 0.425. The second kappa shape index (κ2) is 10.6. The van der Waals surface area contributed by atoms with Crippen LogP contribution in [-0.2, 0) is 23.1 Å². The maximum atomic E-state index is 13.5. The first-order valence-electron chi connectivity index (χ1n) is 15.6. The molecular weight excluding hydrogens is 536 g/mol. The minimum atomic E-state index is -0.276. The fraction of sp³-hybridized carbons (Fsp3) is 0.432. The van der Waals surface area contributed by atoms with Gasteiger partial charge in [0.25, 0.3) is 5.91 Å². The molecule has 1 saturated heterocycles. The highest BCUT2D eigenvalue weighted by Crippen LogP contribution is 2.65. The molecule has 2 aliphatic heterocycles. The number of aryl methyl sites for hydroxylation is 2. The molecule has 2 bridgehead atoms. The van der Waals surface area contributed by atoms with Gasteiger partial charge in [0, 0.05) is 53.7 Å². The zero-order valence-electron chi connectivity index (χ0n) is 25.5. The molecule has 2 heterocycles. The number of likely N-dealkylation sites (tertiary alicyclic amines) is 1. The topological polar surface area (TPSA) is 62.2 Å². The van der Waals surface area contributed by atoms with Crippen molar-refractivity contribution in [2.24, 2.45) is 5.92 Å². The summed E-state index contributed by atoms with van der Waals surface area (Å²) in [5.41, 5.74) is 6.42. The van der Waals surface area contributed by atoms with Crippen molar-refractivity contribution >= 4 is 5.91 Å². The van der Waals surface area contributed by atoms with Gasteiger partial charge in [-0.3, -0.25) is 9.69 Å². The molecule has 222 valence electrons. The molecule has 0 radical (unpaired) electrons. The van der Waals surface area contributed by atoms with Gasteiger partial charge in [0.05, 0.1) is 13.2 Å². The number of phenols is 1. The van der Waals surface area contributed by atoms with Gasteiger partial charge in [0.1, 0.15) is 11.9 Å². The average molecular weight is 577 g/mol. The van der Waals surface area contributed by atoms with Crippen LogP contribution in [0.2, 0.25) is 0 Å². The molecule has 2 aliphatic carbocycles. The van der Waals surface area contributed by atoms with Crippen LogP contribution in [0.15, 0.2) is 54.6 Å². The Kier molecular flexibility index (Phi) is 6.90. The Balaban J connectivity index is 1.22. The number of piperidine rings is 1. The molecule has 43 heavy (non-hydrogen) atoms. The Morgan fingerprint density at radius 3 is 2.72 bits per heavy atom. The van der Waals surface area contributed by atoms with E-state index >= 15 is 0 Å². The highest BCUT2D eigenvalue weighted by molar-refractivity contribution is 5.94. The summed E-state index contributed by atoms with van der Waals surface area (Å²) in [4.78, 5) is 18.0. The summed E-state index contributed by atoms with van der Waals surface area (Å²) in [5.74, 6) is 7.82. The minimum Gasteiger partial charge on any atom is -0.508 e. The minimum absolute atomic E-state index is 0.125. The summed E-state index contributed by atoms with van der Waals surface area (Å²) in [6.45, 7) is 6.08. The standard InChI is InChI=1S/C37H40N2O4/c1-23-10-11-26(20-24(23)2)12-15-33(41)38(3)29-14-13-28-30-21-27-31(40)22-32(42-4)35-34(27)37(28,36(29)43-35)17-19-39(30)18-16-25-8-6-5-7-9-25/h5-11,20,22,28-30,36,40H,13-14,16-19,21H2,1-4H3/t28-,29+,30+,36-,37-/m0/s1. The lowest BCUT2D eigenvalue weighted by Gasteiger charge is -2.60. The first-order valence-corrected chi connectivity index (χ1v) is 15.6. The Morgan fingerprint density at radius 1 is 1.14 bits per heavy atom. The number of aromatic hydroxyl groups is 1. The fourth-order valence-electron chi connectivity index (χ4n) is 8.58. The van der Waals surface area contributed by atoms with Crippen molar-refractivity contribution in [3.05, 3.63) is 88.0 Å². The zero-order chi connectivity index (χ0) is 29.9. The third kappa shape index (κ3) is 4.40. The van der Waals surface area contributed by atoms with Crippen molar-refractivity contribution in [3.8, 4) is 29.1 Å². The van der Waals surface area contributed by atoms with Gasteiger partial charge < -0.3 is 19.5 Å². The van der Waals surface area contributed by atoms with Gasteiger partial charge in [-0.1, -0.05) is 42.3 Å². The molecule has 7 rings (SSSR count). The summed E-state index contributed by atoms with van der Waals surface area (Å²) in [6, 6.07) is 18.6. The molecule has 2 fully saturated rings. The molecular formula is C37H40N2O4. The van der Waals surface area contributed by atoms with Gasteiger partial charge in [0.15, 0.2) is 11.5 Å². The number of carbonyl (C=O) groups is 1. The van der Waals surface area contributed by atoms with Gasteiger partial charge in [-0.05, 0) is 87.2 Å². The Hall–Kier alpha value is -3.95. The Bertz CT molecular complexity index is 1640. The van der Waals surface area contributed by atoms with Crippen LogP contribution in [0, 0.1) is 31.6 Å². The van der Waals surface area contributed by atoms with Gasteiger partial charge >= 0.3 is 0 Å². The number of benzene rings is 3. The van der Waals surface area contributed by atoms with E-state index in [2.05, 4.69) is 60.9 Å². The summed E-state index contributed by atoms with van der Waals surface area (Å²) < 4.78 is 12.7. The lowest BCUT2D eigenvalue weighted by Crippen LogP contribution is -2.69. The van der Waals surface area contributed by atoms with Crippen molar-refractivity contribution in [1.29, 1.82) is 0 Å². The van der Waals surface area contributed by atoms with E-state index in [0.29, 0.717) is 23.5 Å². The predicted octanol–water partition coefficient (Wildman–Crippen LogP) is 5.18. The number of hydrogen-bond acceptors (Lipinski definition) is 5. The first-order chi connectivity index (χ1) is 20.8. The Morgan fingerprint density at radius 2 is 1.95 bits per heavy atom. The largest absolute Gasteiger partial charge is 0.508 e. The van der Waals surface area contributed by atoms with Crippen LogP contribution in [-0.4, -0.2) is 66.2 Å². The monoisotopic (exact) mass is 576 g/mol. The number of ether oxygens (including phenoxy) is 2. The number of nitrogens with zero attached hydrogens (tertiary/aromatic N) is 2. The third-order valence-electron chi connectivity index (χ3n) is 10.9. The number of carbonyl (C=O) groups excluding carboxylic acids is 1. The number of phenolic OH excluding ortho intramolecular Hbond substituents is 1. The molecule has 3 aromatic rings. The lowest BCUT2D eigenvalue weighted by molar-refractivity contribution is -0.134. The lowest BCUT2D eigenvalue weighted by atomic mass is 9.50. The third-order valence-corrected chi connectivity index (χ3v) is 10.9. The highest BCUT2D eigenvalue weighted by Gasteiger charge is 2.67. The van der Waals surface area contributed by atoms with Crippen LogP contribution in [0.4, 0.5) is 0 Å². The smallest absolute Gasteiger partial charge is 0.298 e. The second-order valence-corrected chi connectivity index (χ2v) is 12.9. The molecule has 1 N–H and O–H groups in total. The molecule has 6 nitrogen and oxygen atoms in total. The Labute approximate surface area is 254 Å². The van der Waals surface area contributed by atoms with E-state index in [1.165, 1.54) is 11.1 Å². The van der Waals surface area contributed by atoms with Gasteiger partial charge in [-0.2, -0.15) is 0 Å². The van der Waals surface area contributed by atoms with Crippen molar-refractivity contribution in [1.82, 2.24) is 9.80 Å². The maximum Gasteiger partial charge on any atom is 0.298 e. The van der Waals surface area contributed by atoms with Gasteiger partial charge in [0.2, 0.25) is 0 Å². The molecule has 1 spiro atoms. The average Bonchev–Trinajstić information content (AvgIpc) is 3.36. The van der Waals surface area contributed by atoms with E-state index in [4.69, 9.17) is 9.47 Å². The van der Waals surface area contributed by atoms with Crippen molar-refractivity contribution in [2.45, 2.75) is 69.6 Å². The molecule has 3 aromatic carbocycles. The zero-order valence-corrected chi connectivity index (χ0v) is 25.5. The van der Waals surface area contributed by atoms with E-state index in [9.17, 15) is 9.90 Å². The van der Waals surface area contributed by atoms with E-state index < -0.39 is 0 Å². The van der Waals surface area contributed by atoms with Crippen molar-refractivity contribution in [2.75, 3.05) is 27.2 Å². The molecule has 0 unspecified atom stereocenters. The molecule has 4 aliphatic rings. The van der Waals surface area contributed by atoms with Crippen LogP contribution in [0.25, 0.3) is 0 Å². The van der Waals surface area contributed by atoms with Crippen LogP contribution >= 0.6 is 0 Å². The fourth-order valence-corrected chi connectivity index (χ4v) is 8.58. The van der Waals surface area contributed by atoms with Crippen LogP contribution in [0.5, 0.6) is 17.2 Å². The first kappa shape index (κ1) is 27.9. The van der Waals surface area contributed by atoms with Gasteiger partial charge in [-0.15, -0.1) is 0 Å². The number of hydrogen-bond donors (Lipinski definition) is 1. The number of methoxy groups -OCH3 is 1. The van der Waals surface area contributed by atoms with E-state index in [0.717, 1.165) is 73.2 Å². The normalized spacial score (nSPS) is 26.5. The van der Waals surface area contributed by atoms with Crippen molar-refractivity contribution in [3.63, 3.8) is 0 Å². The summed E-state index contributed by atoms with van der Waals surface area (Å²) in [6.07, 6.45) is 4.36. The molecule has 0 aromatic heterocycles. The summed E-state index contributed by atoms with van der Waals surface area (Å²) in [5, 5.41) is 11.3. The molecule has 6 heteroatoms. The predicted molar refractivity (Wildman–Crippen MR) is 167 cm³/mol. The van der Waals surface area contributed by atoms with Crippen molar-refractivity contribution < 1.29 is 19.4 Å². The van der Waals surface area contributed by atoms with E-state index in [1.54, 1.807) is 13.2 Å². The number of amides is 1. The van der Waals surface area contributed by atoms with Crippen LogP contribution in [0.3, 0.4) is 0 Å². The van der Waals surface area contributed by atoms with Gasteiger partial charge in [-0.25, -0.2) is 0 Å². The summed E-state index contributed by atoms with van der Waals surface area (Å²) >= 11 is 0. The second-order valence-electron chi connectivity index (χ2n) is 12.9. The highest BCUT2D eigenvalue weighted by atomic mass is 16.5. The van der Waals surface area contributed by atoms with Crippen LogP contribution < -0.4 is 9.47 Å². The van der Waals surface area contributed by atoms with Crippen LogP contribution in [0.1, 0.15) is 52.6 Å². The maximum absolute atomic E-state index is 13.5. The SMILES string of the molecule is COc1cc(O)c2c3c1O[C@H]1[C@H](N(C)C(=O)C#Cc4ccc(C)c(C)c4)CC[C@H]4[C@@H](C2)N(CCc2ccccc2)CC[C@@]341. The van der Waals surface area contributed by atoms with E-state index in [1.807, 2.05) is 30.1 Å². The summed E-state index contributed by atoms with van der Waals surface area (Å²) in [7, 11) is 3.50. The molecule has 1 saturated carbocycles.